The van der Waals surface area contributed by atoms with Crippen molar-refractivity contribution in [1.29, 1.82) is 0 Å². The van der Waals surface area contributed by atoms with Crippen LogP contribution in [0.15, 0.2) is 46.0 Å². The zero-order valence-electron chi connectivity index (χ0n) is 17.4. The van der Waals surface area contributed by atoms with Crippen molar-refractivity contribution in [3.63, 3.8) is 0 Å². The second kappa shape index (κ2) is 10.4. The number of nitrogens with zero attached hydrogens (tertiary/aromatic N) is 3. The van der Waals surface area contributed by atoms with Gasteiger partial charge in [-0.2, -0.15) is 0 Å². The number of fused-ring (bicyclic) bond motifs is 1. The first kappa shape index (κ1) is 22.1. The lowest BCUT2D eigenvalue weighted by molar-refractivity contribution is -0.140. The number of benzene rings is 1. The number of para-hydroxylation sites is 1. The van der Waals surface area contributed by atoms with Gasteiger partial charge < -0.3 is 9.64 Å². The molecule has 1 aliphatic rings. The average Bonchev–Trinajstić information content (AvgIpc) is 2.78. The highest BCUT2D eigenvalue weighted by Gasteiger charge is 2.20. The third-order valence-electron chi connectivity index (χ3n) is 5.15. The highest BCUT2D eigenvalue weighted by Crippen LogP contribution is 2.23. The molecule has 1 aliphatic carbocycles. The Morgan fingerprint density at radius 3 is 2.77 bits per heavy atom. The molecule has 0 spiro atoms. The van der Waals surface area contributed by atoms with Gasteiger partial charge in [-0.25, -0.2) is 4.98 Å². The summed E-state index contributed by atoms with van der Waals surface area (Å²) >= 11 is 1.23. The smallest absolute Gasteiger partial charge is 0.307 e. The van der Waals surface area contributed by atoms with E-state index in [4.69, 9.17) is 4.74 Å². The summed E-state index contributed by atoms with van der Waals surface area (Å²) in [6.45, 7) is 2.74. The molecule has 0 N–H and O–H groups in total. The van der Waals surface area contributed by atoms with Crippen LogP contribution in [0.25, 0.3) is 10.9 Å². The van der Waals surface area contributed by atoms with E-state index in [2.05, 4.69) is 11.1 Å². The van der Waals surface area contributed by atoms with Gasteiger partial charge in [0.2, 0.25) is 5.91 Å². The Morgan fingerprint density at radius 1 is 1.27 bits per heavy atom. The van der Waals surface area contributed by atoms with Crippen molar-refractivity contribution < 1.29 is 14.3 Å². The number of carbonyl (C=O) groups is 2. The molecule has 1 aromatic carbocycles. The molecule has 7 nitrogen and oxygen atoms in total. The Hall–Kier alpha value is -2.61. The van der Waals surface area contributed by atoms with Crippen LogP contribution >= 0.6 is 11.8 Å². The maximum atomic E-state index is 13.0. The average molecular weight is 430 g/mol. The van der Waals surface area contributed by atoms with Crippen LogP contribution in [-0.2, 0) is 20.9 Å². The van der Waals surface area contributed by atoms with E-state index in [0.717, 1.165) is 31.4 Å². The van der Waals surface area contributed by atoms with Crippen LogP contribution in [0.4, 0.5) is 0 Å². The largest absolute Gasteiger partial charge is 0.469 e. The minimum atomic E-state index is -0.400. The minimum absolute atomic E-state index is 0.00224. The maximum absolute atomic E-state index is 13.0. The van der Waals surface area contributed by atoms with Crippen molar-refractivity contribution in [3.8, 4) is 0 Å². The Kier molecular flexibility index (Phi) is 7.68. The number of rotatable bonds is 8. The zero-order valence-corrected chi connectivity index (χ0v) is 18.2. The summed E-state index contributed by atoms with van der Waals surface area (Å²) in [6.07, 6.45) is 6.40. The van der Waals surface area contributed by atoms with E-state index >= 15 is 0 Å². The highest BCUT2D eigenvalue weighted by molar-refractivity contribution is 7.99. The molecular formula is C22H27N3O4S. The fourth-order valence-electron chi connectivity index (χ4n) is 3.57. The normalized spacial score (nSPS) is 13.7. The van der Waals surface area contributed by atoms with Crippen LogP contribution in [0.1, 0.15) is 39.0 Å². The van der Waals surface area contributed by atoms with Crippen LogP contribution in [0.2, 0.25) is 0 Å². The fourth-order valence-corrected chi connectivity index (χ4v) is 4.47. The van der Waals surface area contributed by atoms with Crippen molar-refractivity contribution in [1.82, 2.24) is 14.5 Å². The van der Waals surface area contributed by atoms with E-state index in [0.29, 0.717) is 22.6 Å². The summed E-state index contributed by atoms with van der Waals surface area (Å²) in [5.41, 5.74) is 1.44. The number of amides is 1. The van der Waals surface area contributed by atoms with Crippen LogP contribution < -0.4 is 5.56 Å². The summed E-state index contributed by atoms with van der Waals surface area (Å²) in [6, 6.07) is 7.09. The number of hydrogen-bond acceptors (Lipinski definition) is 6. The first-order valence-electron chi connectivity index (χ1n) is 10.2. The van der Waals surface area contributed by atoms with Gasteiger partial charge >= 0.3 is 5.97 Å². The molecule has 3 rings (SSSR count). The lowest BCUT2D eigenvalue weighted by atomic mass is 10.0. The topological polar surface area (TPSA) is 81.5 Å². The molecule has 8 heteroatoms. The van der Waals surface area contributed by atoms with Crippen molar-refractivity contribution >= 4 is 34.5 Å². The molecule has 0 radical (unpaired) electrons. The number of hydrogen-bond donors (Lipinski definition) is 0. The Balaban J connectivity index is 1.84. The monoisotopic (exact) mass is 429 g/mol. The van der Waals surface area contributed by atoms with Gasteiger partial charge in [-0.3, -0.25) is 19.0 Å². The second-order valence-corrected chi connectivity index (χ2v) is 8.00. The number of thioether (sulfide) groups is 1. The first-order valence-corrected chi connectivity index (χ1v) is 11.2. The van der Waals surface area contributed by atoms with Crippen molar-refractivity contribution in [2.75, 3.05) is 19.4 Å². The Morgan fingerprint density at radius 2 is 2.07 bits per heavy atom. The first-order chi connectivity index (χ1) is 14.5. The standard InChI is InChI=1S/C22H27N3O4S/c1-3-24(16-9-5-4-6-10-16)19(26)15-30-22-23-18-12-8-7-11-17(18)21(28)25(22)14-13-20(27)29-2/h7-9,11-12H,3-6,10,13-15H2,1-2H3. The summed E-state index contributed by atoms with van der Waals surface area (Å²) in [4.78, 5) is 43.9. The quantitative estimate of drug-likeness (QED) is 0.364. The van der Waals surface area contributed by atoms with Gasteiger partial charge in [0.1, 0.15) is 0 Å². The second-order valence-electron chi connectivity index (χ2n) is 7.06. The molecule has 2 aromatic rings. The van der Waals surface area contributed by atoms with E-state index in [1.807, 2.05) is 17.9 Å². The number of methoxy groups -OCH3 is 1. The molecule has 0 saturated heterocycles. The molecule has 0 fully saturated rings. The van der Waals surface area contributed by atoms with Gasteiger partial charge in [0.25, 0.3) is 5.56 Å². The summed E-state index contributed by atoms with van der Waals surface area (Å²) < 4.78 is 6.17. The predicted molar refractivity (Wildman–Crippen MR) is 117 cm³/mol. The molecule has 1 aromatic heterocycles. The van der Waals surface area contributed by atoms with E-state index in [1.54, 1.807) is 18.2 Å². The fraction of sp³-hybridized carbons (Fsp3) is 0.455. The SMILES string of the molecule is CCN(C(=O)CSc1nc2ccccc2c(=O)n1CCC(=O)OC)C1=CCCCC1. The summed E-state index contributed by atoms with van der Waals surface area (Å²) in [5.74, 6) is -0.227. The molecule has 1 heterocycles. The Bertz CT molecular complexity index is 1020. The molecule has 0 unspecified atom stereocenters. The maximum Gasteiger partial charge on any atom is 0.307 e. The highest BCUT2D eigenvalue weighted by atomic mass is 32.2. The number of esters is 1. The van der Waals surface area contributed by atoms with Crippen molar-refractivity contribution in [2.24, 2.45) is 0 Å². The molecule has 0 saturated carbocycles. The molecule has 160 valence electrons. The van der Waals surface area contributed by atoms with Crippen LogP contribution in [0.5, 0.6) is 0 Å². The van der Waals surface area contributed by atoms with E-state index in [-0.39, 0.29) is 30.2 Å². The molecular weight excluding hydrogens is 402 g/mol. The van der Waals surface area contributed by atoms with Gasteiger partial charge in [0, 0.05) is 18.8 Å². The van der Waals surface area contributed by atoms with Crippen LogP contribution in [-0.4, -0.2) is 45.7 Å². The summed E-state index contributed by atoms with van der Waals surface area (Å²) in [7, 11) is 1.32. The lowest BCUT2D eigenvalue weighted by Gasteiger charge is -2.26. The van der Waals surface area contributed by atoms with Gasteiger partial charge in [-0.15, -0.1) is 0 Å². The number of ether oxygens (including phenoxy) is 1. The van der Waals surface area contributed by atoms with E-state index in [1.165, 1.54) is 23.4 Å². The molecule has 0 bridgehead atoms. The molecule has 0 aliphatic heterocycles. The minimum Gasteiger partial charge on any atom is -0.469 e. The van der Waals surface area contributed by atoms with Crippen molar-refractivity contribution in [2.45, 2.75) is 50.7 Å². The van der Waals surface area contributed by atoms with Gasteiger partial charge in [-0.1, -0.05) is 30.0 Å². The predicted octanol–water partition coefficient (Wildman–Crippen LogP) is 3.36. The van der Waals surface area contributed by atoms with Gasteiger partial charge in [-0.05, 0) is 44.7 Å². The van der Waals surface area contributed by atoms with E-state index < -0.39 is 5.97 Å². The number of aromatic nitrogens is 2. The molecule has 1 amide bonds. The van der Waals surface area contributed by atoms with E-state index in [9.17, 15) is 14.4 Å². The number of carbonyl (C=O) groups excluding carboxylic acids is 2. The molecule has 0 atom stereocenters. The summed E-state index contributed by atoms with van der Waals surface area (Å²) in [5, 5.41) is 0.921. The van der Waals surface area contributed by atoms with Crippen molar-refractivity contribution in [3.05, 3.63) is 46.4 Å². The van der Waals surface area contributed by atoms with Gasteiger partial charge in [0.05, 0.1) is 30.2 Å². The number of allylic oxidation sites excluding steroid dienone is 2. The van der Waals surface area contributed by atoms with Crippen LogP contribution in [0, 0.1) is 0 Å². The lowest BCUT2D eigenvalue weighted by Crippen LogP contribution is -2.32. The third-order valence-corrected chi connectivity index (χ3v) is 6.11. The third kappa shape index (κ3) is 5.11. The Labute approximate surface area is 180 Å². The zero-order chi connectivity index (χ0) is 21.5. The molecule has 30 heavy (non-hydrogen) atoms. The van der Waals surface area contributed by atoms with Gasteiger partial charge in [0.15, 0.2) is 5.16 Å². The van der Waals surface area contributed by atoms with Crippen LogP contribution in [0.3, 0.4) is 0 Å².